The first kappa shape index (κ1) is 22.8. The van der Waals surface area contributed by atoms with Gasteiger partial charge < -0.3 is 15.5 Å². The van der Waals surface area contributed by atoms with Crippen molar-refractivity contribution in [1.82, 2.24) is 9.80 Å². The number of likely N-dealkylation sites (tertiary alicyclic amines) is 1. The van der Waals surface area contributed by atoms with E-state index in [1.807, 2.05) is 31.2 Å². The summed E-state index contributed by atoms with van der Waals surface area (Å²) in [6.45, 7) is 3.17. The molecule has 2 aromatic carbocycles. The summed E-state index contributed by atoms with van der Waals surface area (Å²) < 4.78 is 0. The van der Waals surface area contributed by atoms with Gasteiger partial charge in [0.25, 0.3) is 5.24 Å². The van der Waals surface area contributed by atoms with Gasteiger partial charge in [0.05, 0.1) is 18.2 Å². The number of urea groups is 1. The van der Waals surface area contributed by atoms with Gasteiger partial charge in [-0.3, -0.25) is 19.3 Å². The Morgan fingerprint density at radius 1 is 1.06 bits per heavy atom. The number of carbonyl (C=O) groups is 4. The maximum absolute atomic E-state index is 12.8. The molecule has 9 heteroatoms. The summed E-state index contributed by atoms with van der Waals surface area (Å²) in [5.41, 5.74) is 3.25. The molecule has 2 saturated heterocycles. The van der Waals surface area contributed by atoms with E-state index >= 15 is 0 Å². The zero-order valence-electron chi connectivity index (χ0n) is 18.4. The van der Waals surface area contributed by atoms with Crippen molar-refractivity contribution in [2.45, 2.75) is 26.3 Å². The number of aryl methyl sites for hydroxylation is 1. The molecule has 5 amide bonds. The van der Waals surface area contributed by atoms with Crippen molar-refractivity contribution in [3.63, 3.8) is 0 Å². The van der Waals surface area contributed by atoms with Crippen LogP contribution in [0.2, 0.25) is 0 Å². The summed E-state index contributed by atoms with van der Waals surface area (Å²) in [6.07, 6.45) is 1.48. The van der Waals surface area contributed by atoms with Crippen molar-refractivity contribution in [3.05, 3.63) is 59.7 Å². The highest BCUT2D eigenvalue weighted by atomic mass is 32.2. The van der Waals surface area contributed by atoms with Crippen molar-refractivity contribution >= 4 is 46.2 Å². The van der Waals surface area contributed by atoms with E-state index in [1.165, 1.54) is 4.90 Å². The second-order valence-electron chi connectivity index (χ2n) is 8.31. The first-order chi connectivity index (χ1) is 15.9. The predicted molar refractivity (Wildman–Crippen MR) is 128 cm³/mol. The molecule has 1 atom stereocenters. The number of hydrogen-bond donors (Lipinski definition) is 2. The van der Waals surface area contributed by atoms with Gasteiger partial charge in [0, 0.05) is 24.5 Å². The van der Waals surface area contributed by atoms with Crippen LogP contribution < -0.4 is 10.6 Å². The maximum atomic E-state index is 12.8. The summed E-state index contributed by atoms with van der Waals surface area (Å²) in [7, 11) is 0. The number of benzene rings is 2. The highest BCUT2D eigenvalue weighted by Crippen LogP contribution is 2.23. The number of nitrogens with zero attached hydrogens (tertiary/aromatic N) is 2. The van der Waals surface area contributed by atoms with Crippen molar-refractivity contribution in [2.24, 2.45) is 5.92 Å². The van der Waals surface area contributed by atoms with Gasteiger partial charge in [-0.2, -0.15) is 0 Å². The lowest BCUT2D eigenvalue weighted by molar-refractivity contribution is -0.125. The van der Waals surface area contributed by atoms with E-state index in [2.05, 4.69) is 10.6 Å². The zero-order chi connectivity index (χ0) is 23.4. The van der Waals surface area contributed by atoms with E-state index in [0.717, 1.165) is 41.4 Å². The smallest absolute Gasteiger partial charge is 0.321 e. The summed E-state index contributed by atoms with van der Waals surface area (Å²) in [6, 6.07) is 14.5. The van der Waals surface area contributed by atoms with Gasteiger partial charge in [0.1, 0.15) is 0 Å². The quantitative estimate of drug-likeness (QED) is 0.692. The Morgan fingerprint density at radius 3 is 2.55 bits per heavy atom. The molecular weight excluding hydrogens is 440 g/mol. The van der Waals surface area contributed by atoms with Crippen molar-refractivity contribution in [3.8, 4) is 0 Å². The fraction of sp³-hybridized carbons (Fsp3) is 0.333. The maximum Gasteiger partial charge on any atom is 0.321 e. The normalized spacial score (nSPS) is 18.4. The molecule has 8 nitrogen and oxygen atoms in total. The average molecular weight is 467 g/mol. The highest BCUT2D eigenvalue weighted by Gasteiger charge is 2.30. The largest absolute Gasteiger partial charge is 0.326 e. The van der Waals surface area contributed by atoms with Crippen LogP contribution >= 0.6 is 11.8 Å². The van der Waals surface area contributed by atoms with Crippen LogP contribution in [0.15, 0.2) is 48.5 Å². The highest BCUT2D eigenvalue weighted by molar-refractivity contribution is 8.14. The van der Waals surface area contributed by atoms with Gasteiger partial charge in [-0.15, -0.1) is 0 Å². The summed E-state index contributed by atoms with van der Waals surface area (Å²) in [5.74, 6) is -0.416. The Balaban J connectivity index is 1.31. The zero-order valence-corrected chi connectivity index (χ0v) is 19.2. The SMILES string of the molecule is Cc1cccc(NC(=O)N2CCCC(C(=O)Nc3ccc(CN4C(=O)CSC4=O)cc3)C2)c1. The van der Waals surface area contributed by atoms with Crippen LogP contribution in [0.1, 0.15) is 24.0 Å². The molecule has 0 spiro atoms. The lowest BCUT2D eigenvalue weighted by Crippen LogP contribution is -2.45. The van der Waals surface area contributed by atoms with Crippen LogP contribution in [0, 0.1) is 12.8 Å². The molecule has 172 valence electrons. The van der Waals surface area contributed by atoms with Crippen molar-refractivity contribution in [1.29, 1.82) is 0 Å². The molecular formula is C24H26N4O4S. The third kappa shape index (κ3) is 5.73. The molecule has 1 unspecified atom stereocenters. The van der Waals surface area contributed by atoms with Crippen LogP contribution in [0.3, 0.4) is 0 Å². The first-order valence-electron chi connectivity index (χ1n) is 10.9. The second-order valence-corrected chi connectivity index (χ2v) is 9.23. The molecule has 2 aromatic rings. The number of hydrogen-bond acceptors (Lipinski definition) is 5. The molecule has 0 saturated carbocycles. The lowest BCUT2D eigenvalue weighted by Gasteiger charge is -2.32. The van der Waals surface area contributed by atoms with Crippen LogP contribution in [-0.4, -0.2) is 51.7 Å². The Hall–Kier alpha value is -3.33. The van der Waals surface area contributed by atoms with Crippen LogP contribution in [-0.2, 0) is 16.1 Å². The number of amides is 5. The minimum absolute atomic E-state index is 0.128. The Kier molecular flexibility index (Phi) is 6.98. The number of rotatable bonds is 5. The van der Waals surface area contributed by atoms with Gasteiger partial charge in [-0.05, 0) is 55.2 Å². The average Bonchev–Trinajstić information content (AvgIpc) is 3.12. The van der Waals surface area contributed by atoms with E-state index < -0.39 is 0 Å². The standard InChI is InChI=1S/C24H26N4O4S/c1-16-4-2-6-20(12-16)26-23(31)27-11-3-5-18(14-27)22(30)25-19-9-7-17(8-10-19)13-28-21(29)15-33-24(28)32/h2,4,6-10,12,18H,3,5,11,13-15H2,1H3,(H,25,30)(H,26,31). The molecule has 2 heterocycles. The van der Waals surface area contributed by atoms with Gasteiger partial charge in [0.15, 0.2) is 0 Å². The van der Waals surface area contributed by atoms with Gasteiger partial charge in [-0.25, -0.2) is 4.79 Å². The summed E-state index contributed by atoms with van der Waals surface area (Å²) >= 11 is 1.01. The summed E-state index contributed by atoms with van der Waals surface area (Å²) in [5, 5.41) is 5.59. The fourth-order valence-electron chi connectivity index (χ4n) is 3.96. The molecule has 33 heavy (non-hydrogen) atoms. The molecule has 0 radical (unpaired) electrons. The third-order valence-corrected chi connectivity index (χ3v) is 6.61. The minimum atomic E-state index is -0.293. The van der Waals surface area contributed by atoms with Crippen molar-refractivity contribution < 1.29 is 19.2 Å². The number of piperidine rings is 1. The molecule has 0 aromatic heterocycles. The molecule has 0 bridgehead atoms. The Bertz CT molecular complexity index is 1060. The predicted octanol–water partition coefficient (Wildman–Crippen LogP) is 4.07. The van der Waals surface area contributed by atoms with Crippen LogP contribution in [0.25, 0.3) is 0 Å². The van der Waals surface area contributed by atoms with Gasteiger partial charge >= 0.3 is 6.03 Å². The molecule has 2 fully saturated rings. The molecule has 2 aliphatic heterocycles. The van der Waals surface area contributed by atoms with Crippen LogP contribution in [0.5, 0.6) is 0 Å². The topological polar surface area (TPSA) is 98.8 Å². The first-order valence-corrected chi connectivity index (χ1v) is 11.9. The lowest BCUT2D eigenvalue weighted by atomic mass is 9.97. The molecule has 0 aliphatic carbocycles. The Labute approximate surface area is 196 Å². The van der Waals surface area contributed by atoms with E-state index in [0.29, 0.717) is 18.8 Å². The van der Waals surface area contributed by atoms with E-state index in [1.54, 1.807) is 29.2 Å². The third-order valence-electron chi connectivity index (χ3n) is 5.75. The summed E-state index contributed by atoms with van der Waals surface area (Å²) in [4.78, 5) is 51.9. The molecule has 2 N–H and O–H groups in total. The molecule has 2 aliphatic rings. The monoisotopic (exact) mass is 466 g/mol. The van der Waals surface area contributed by atoms with Gasteiger partial charge in [-0.1, -0.05) is 36.0 Å². The number of nitrogens with one attached hydrogen (secondary N) is 2. The fourth-order valence-corrected chi connectivity index (χ4v) is 4.68. The number of thioether (sulfide) groups is 1. The molecule has 4 rings (SSSR count). The number of carbonyl (C=O) groups excluding carboxylic acids is 4. The van der Waals surface area contributed by atoms with Crippen molar-refractivity contribution in [2.75, 3.05) is 29.5 Å². The van der Waals surface area contributed by atoms with E-state index in [4.69, 9.17) is 0 Å². The van der Waals surface area contributed by atoms with Crippen LogP contribution in [0.4, 0.5) is 21.0 Å². The van der Waals surface area contributed by atoms with E-state index in [-0.39, 0.29) is 41.3 Å². The van der Waals surface area contributed by atoms with Gasteiger partial charge in [0.2, 0.25) is 11.8 Å². The Morgan fingerprint density at radius 2 is 1.85 bits per heavy atom. The number of anilines is 2. The minimum Gasteiger partial charge on any atom is -0.326 e. The number of imide groups is 1. The second kappa shape index (κ2) is 10.1. The van der Waals surface area contributed by atoms with E-state index in [9.17, 15) is 19.2 Å².